The van der Waals surface area contributed by atoms with E-state index in [0.717, 1.165) is 32.6 Å². The van der Waals surface area contributed by atoms with Gasteiger partial charge >= 0.3 is 0 Å². The van der Waals surface area contributed by atoms with Gasteiger partial charge in [-0.2, -0.15) is 0 Å². The van der Waals surface area contributed by atoms with Crippen molar-refractivity contribution in [2.75, 3.05) is 36.0 Å². The number of hydrogen-bond acceptors (Lipinski definition) is 2. The van der Waals surface area contributed by atoms with E-state index < -0.39 is 0 Å². The van der Waals surface area contributed by atoms with Crippen LogP contribution in [0.5, 0.6) is 0 Å². The number of fused-ring (bicyclic) bond motifs is 3. The summed E-state index contributed by atoms with van der Waals surface area (Å²) in [5.74, 6) is 0.538. The first kappa shape index (κ1) is 27.5. The van der Waals surface area contributed by atoms with E-state index in [1.54, 1.807) is 0 Å². The molecule has 222 valence electrons. The van der Waals surface area contributed by atoms with Crippen molar-refractivity contribution >= 4 is 49.3 Å². The fraction of sp³-hybridized carbons (Fsp3) is 0.333. The molecule has 1 aliphatic carbocycles. The number of benzene rings is 5. The molecule has 44 heavy (non-hydrogen) atoms. The zero-order valence-corrected chi connectivity index (χ0v) is 26.4. The maximum absolute atomic E-state index is 2.62. The Balaban J connectivity index is 1.49. The molecule has 2 aliphatic heterocycles. The maximum atomic E-state index is 2.62. The average molecular weight is 577 g/mol. The third kappa shape index (κ3) is 4.89. The fourth-order valence-corrected chi connectivity index (χ4v) is 8.35. The summed E-state index contributed by atoms with van der Waals surface area (Å²) >= 11 is 0. The Morgan fingerprint density at radius 2 is 1.16 bits per heavy atom. The SMILES string of the molecule is CC1=CC(c2c3cc(N4CCCCC4)ccc3c(-c3cccc4ccccc34)c3cc(N4CCCCC4)ccc23)=CC(C)C1. The highest BCUT2D eigenvalue weighted by atomic mass is 15.1. The zero-order chi connectivity index (χ0) is 29.6. The number of allylic oxidation sites excluding steroid dienone is 4. The molecule has 2 heterocycles. The standard InChI is InChI=1S/C42H44N2/c1-29-24-30(2)26-32(25-29)41-37-18-16-34(44-22-9-4-10-23-44)28-40(37)42(36-15-11-13-31-12-5-6-14-35(31)36)38-19-17-33(27-39(38)41)43-20-7-3-8-21-43/h5-6,11-19,25-29H,3-4,7-10,20-24H2,1-2H3. The van der Waals surface area contributed by atoms with Crippen LogP contribution in [0.1, 0.15) is 64.4 Å². The zero-order valence-electron chi connectivity index (χ0n) is 26.4. The van der Waals surface area contributed by atoms with Gasteiger partial charge in [-0.15, -0.1) is 0 Å². The molecule has 0 radical (unpaired) electrons. The molecular formula is C42H44N2. The van der Waals surface area contributed by atoms with Crippen LogP contribution in [-0.2, 0) is 0 Å². The lowest BCUT2D eigenvalue weighted by molar-refractivity contribution is 0.578. The minimum atomic E-state index is 0.538. The number of rotatable bonds is 4. The van der Waals surface area contributed by atoms with E-state index in [1.165, 1.54) is 110 Å². The van der Waals surface area contributed by atoms with Gasteiger partial charge in [0, 0.05) is 37.6 Å². The Morgan fingerprint density at radius 3 is 1.82 bits per heavy atom. The van der Waals surface area contributed by atoms with Crippen LogP contribution in [0.25, 0.3) is 49.0 Å². The van der Waals surface area contributed by atoms with Gasteiger partial charge in [-0.1, -0.05) is 79.2 Å². The minimum Gasteiger partial charge on any atom is -0.372 e. The minimum absolute atomic E-state index is 0.538. The first-order valence-corrected chi connectivity index (χ1v) is 17.0. The summed E-state index contributed by atoms with van der Waals surface area (Å²) < 4.78 is 0. The Morgan fingerprint density at radius 1 is 0.568 bits per heavy atom. The lowest BCUT2D eigenvalue weighted by Gasteiger charge is -2.31. The molecule has 0 aromatic heterocycles. The van der Waals surface area contributed by atoms with Crippen LogP contribution >= 0.6 is 0 Å². The van der Waals surface area contributed by atoms with Crippen molar-refractivity contribution in [1.82, 2.24) is 0 Å². The van der Waals surface area contributed by atoms with Gasteiger partial charge in [0.15, 0.2) is 0 Å². The highest BCUT2D eigenvalue weighted by Crippen LogP contribution is 2.47. The molecule has 2 heteroatoms. The van der Waals surface area contributed by atoms with Crippen molar-refractivity contribution in [1.29, 1.82) is 0 Å². The molecule has 3 aliphatic rings. The van der Waals surface area contributed by atoms with Crippen LogP contribution in [-0.4, -0.2) is 26.2 Å². The van der Waals surface area contributed by atoms with E-state index in [1.807, 2.05) is 0 Å². The molecule has 0 amide bonds. The van der Waals surface area contributed by atoms with Crippen molar-refractivity contribution in [2.24, 2.45) is 5.92 Å². The average Bonchev–Trinajstić information content (AvgIpc) is 3.07. The highest BCUT2D eigenvalue weighted by Gasteiger charge is 2.23. The Kier molecular flexibility index (Phi) is 7.17. The molecule has 8 rings (SSSR count). The van der Waals surface area contributed by atoms with Gasteiger partial charge in [0.2, 0.25) is 0 Å². The van der Waals surface area contributed by atoms with Crippen LogP contribution in [0, 0.1) is 5.92 Å². The normalized spacial score (nSPS) is 19.5. The van der Waals surface area contributed by atoms with Crippen molar-refractivity contribution in [3.05, 3.63) is 102 Å². The molecule has 2 nitrogen and oxygen atoms in total. The van der Waals surface area contributed by atoms with Gasteiger partial charge < -0.3 is 9.80 Å². The largest absolute Gasteiger partial charge is 0.372 e. The van der Waals surface area contributed by atoms with Crippen LogP contribution in [0.2, 0.25) is 0 Å². The summed E-state index contributed by atoms with van der Waals surface area (Å²) in [7, 11) is 0. The molecule has 0 bridgehead atoms. The van der Waals surface area contributed by atoms with E-state index in [-0.39, 0.29) is 0 Å². The Hall–Kier alpha value is -4.04. The van der Waals surface area contributed by atoms with E-state index in [9.17, 15) is 0 Å². The van der Waals surface area contributed by atoms with E-state index >= 15 is 0 Å². The van der Waals surface area contributed by atoms with E-state index in [2.05, 4.69) is 115 Å². The molecule has 0 spiro atoms. The smallest absolute Gasteiger partial charge is 0.0372 e. The Labute approximate surface area is 262 Å². The van der Waals surface area contributed by atoms with Crippen LogP contribution < -0.4 is 9.80 Å². The molecule has 0 saturated carbocycles. The van der Waals surface area contributed by atoms with E-state index in [0.29, 0.717) is 5.92 Å². The van der Waals surface area contributed by atoms with Gasteiger partial charge in [0.1, 0.15) is 0 Å². The summed E-state index contributed by atoms with van der Waals surface area (Å²) in [5.41, 5.74) is 9.74. The number of nitrogens with zero attached hydrogens (tertiary/aromatic N) is 2. The number of hydrogen-bond donors (Lipinski definition) is 0. The van der Waals surface area contributed by atoms with Crippen molar-refractivity contribution in [3.63, 3.8) is 0 Å². The predicted octanol–water partition coefficient (Wildman–Crippen LogP) is 11.2. The fourth-order valence-electron chi connectivity index (χ4n) is 8.35. The number of piperidine rings is 2. The lowest BCUT2D eigenvalue weighted by atomic mass is 9.81. The van der Waals surface area contributed by atoms with Crippen LogP contribution in [0.4, 0.5) is 11.4 Å². The molecule has 5 aromatic carbocycles. The lowest BCUT2D eigenvalue weighted by Crippen LogP contribution is -2.29. The van der Waals surface area contributed by atoms with Gasteiger partial charge in [0.05, 0.1) is 0 Å². The van der Waals surface area contributed by atoms with Gasteiger partial charge in [-0.3, -0.25) is 0 Å². The van der Waals surface area contributed by atoms with Gasteiger partial charge in [-0.05, 0) is 137 Å². The van der Waals surface area contributed by atoms with Gasteiger partial charge in [0.25, 0.3) is 0 Å². The third-order valence-electron chi connectivity index (χ3n) is 10.4. The second kappa shape index (κ2) is 11.5. The monoisotopic (exact) mass is 576 g/mol. The molecule has 1 atom stereocenters. The number of anilines is 2. The second-order valence-corrected chi connectivity index (χ2v) is 13.6. The summed E-state index contributed by atoms with van der Waals surface area (Å²) in [6, 6.07) is 30.6. The van der Waals surface area contributed by atoms with Crippen LogP contribution in [0.3, 0.4) is 0 Å². The molecule has 2 saturated heterocycles. The maximum Gasteiger partial charge on any atom is 0.0372 e. The molecule has 2 fully saturated rings. The first-order valence-electron chi connectivity index (χ1n) is 17.0. The summed E-state index contributed by atoms with van der Waals surface area (Å²) in [5, 5.41) is 8.14. The van der Waals surface area contributed by atoms with Crippen molar-refractivity contribution in [2.45, 2.75) is 58.8 Å². The summed E-state index contributed by atoms with van der Waals surface area (Å²) in [4.78, 5) is 5.23. The van der Waals surface area contributed by atoms with Crippen molar-refractivity contribution in [3.8, 4) is 11.1 Å². The first-order chi connectivity index (χ1) is 21.6. The molecule has 0 N–H and O–H groups in total. The molecule has 1 unspecified atom stereocenters. The quantitative estimate of drug-likeness (QED) is 0.196. The third-order valence-corrected chi connectivity index (χ3v) is 10.4. The highest BCUT2D eigenvalue weighted by molar-refractivity contribution is 6.22. The molecular weight excluding hydrogens is 532 g/mol. The Bertz CT molecular complexity index is 1930. The van der Waals surface area contributed by atoms with Crippen LogP contribution in [0.15, 0.2) is 96.6 Å². The van der Waals surface area contributed by atoms with E-state index in [4.69, 9.17) is 0 Å². The van der Waals surface area contributed by atoms with Crippen molar-refractivity contribution < 1.29 is 0 Å². The van der Waals surface area contributed by atoms with Gasteiger partial charge in [-0.25, -0.2) is 0 Å². The molecule has 5 aromatic rings. The topological polar surface area (TPSA) is 6.48 Å². The second-order valence-electron chi connectivity index (χ2n) is 13.6. The predicted molar refractivity (Wildman–Crippen MR) is 192 cm³/mol. The summed E-state index contributed by atoms with van der Waals surface area (Å²) in [6.07, 6.45) is 14.0. The summed E-state index contributed by atoms with van der Waals surface area (Å²) in [6.45, 7) is 9.30.